The number of hydrogen-bond acceptors (Lipinski definition) is 17. The Morgan fingerprint density at radius 1 is 0.732 bits per heavy atom. The summed E-state index contributed by atoms with van der Waals surface area (Å²) >= 11 is 0. The van der Waals surface area contributed by atoms with Crippen molar-refractivity contribution in [1.82, 2.24) is 29.5 Å². The summed E-state index contributed by atoms with van der Waals surface area (Å²) in [5, 5.41) is 5.30. The topological polar surface area (TPSA) is 290 Å². The van der Waals surface area contributed by atoms with E-state index in [4.69, 9.17) is 23.9 Å². The largest absolute Gasteiger partial charge is 0.461 e. The van der Waals surface area contributed by atoms with Gasteiger partial charge >= 0.3 is 11.9 Å². The van der Waals surface area contributed by atoms with Gasteiger partial charge in [-0.2, -0.15) is 0 Å². The van der Waals surface area contributed by atoms with Gasteiger partial charge in [0, 0.05) is 36.4 Å². The number of nitrogens with one attached hydrogen (secondary N) is 5. The molecule has 4 rings (SSSR count). The molecule has 2 aromatic carbocycles. The van der Waals surface area contributed by atoms with E-state index in [9.17, 15) is 45.6 Å². The zero-order valence-electron chi connectivity index (χ0n) is 40.5. The number of allylic oxidation sites excluding steroid dienone is 1. The summed E-state index contributed by atoms with van der Waals surface area (Å²) in [7, 11) is -6.71. The molecule has 0 saturated carbocycles. The predicted molar refractivity (Wildman–Crippen MR) is 264 cm³/mol. The van der Waals surface area contributed by atoms with Crippen molar-refractivity contribution < 1.29 is 64.6 Å². The maximum Gasteiger partial charge on any atom is 0.330 e. The Morgan fingerprint density at radius 3 is 1.73 bits per heavy atom. The Hall–Kier alpha value is -7.09. The first kappa shape index (κ1) is 56.5. The van der Waals surface area contributed by atoms with Crippen molar-refractivity contribution in [3.05, 3.63) is 106 Å². The van der Waals surface area contributed by atoms with Crippen LogP contribution in [0.4, 0.5) is 5.82 Å². The maximum atomic E-state index is 14.4. The van der Waals surface area contributed by atoms with Gasteiger partial charge in [-0.1, -0.05) is 60.7 Å². The van der Waals surface area contributed by atoms with E-state index in [-0.39, 0.29) is 67.6 Å². The molecule has 71 heavy (non-hydrogen) atoms. The fourth-order valence-corrected chi connectivity index (χ4v) is 9.30. The van der Waals surface area contributed by atoms with Crippen molar-refractivity contribution in [2.75, 3.05) is 59.2 Å². The number of benzene rings is 2. The average Bonchev–Trinajstić information content (AvgIpc) is 3.89. The number of rotatable bonds is 26. The minimum atomic E-state index is -4.54. The van der Waals surface area contributed by atoms with Crippen LogP contribution < -0.4 is 20.1 Å². The van der Waals surface area contributed by atoms with Gasteiger partial charge in [-0.25, -0.2) is 45.8 Å². The second-order valence-corrected chi connectivity index (χ2v) is 19.5. The fraction of sp³-hybridized carbons (Fsp3) is 0.340. The average molecular weight is 1020 g/mol. The zero-order valence-corrected chi connectivity index (χ0v) is 42.2. The lowest BCUT2D eigenvalue weighted by atomic mass is 9.94. The number of sulfonamides is 2. The molecule has 2 atom stereocenters. The molecule has 24 heteroatoms. The number of anilines is 1. The summed E-state index contributed by atoms with van der Waals surface area (Å²) in [5.74, 6) is -3.81. The molecule has 382 valence electrons. The third kappa shape index (κ3) is 14.0. The highest BCUT2D eigenvalue weighted by Gasteiger charge is 2.38. The van der Waals surface area contributed by atoms with Crippen LogP contribution in [0.15, 0.2) is 82.2 Å². The molecule has 1 aromatic heterocycles. The second-order valence-electron chi connectivity index (χ2n) is 15.8. The number of amides is 2. The molecular weight excluding hydrogens is 965 g/mol. The molecule has 1 aliphatic rings. The van der Waals surface area contributed by atoms with Crippen molar-refractivity contribution >= 4 is 80.0 Å². The Morgan fingerprint density at radius 2 is 1.23 bits per heavy atom. The first-order chi connectivity index (χ1) is 33.6. The van der Waals surface area contributed by atoms with Crippen LogP contribution in [0, 0.1) is 27.7 Å². The number of nitrogens with zero attached hydrogens (tertiary/aromatic N) is 3. The molecule has 22 nitrogen and oxygen atoms in total. The summed E-state index contributed by atoms with van der Waals surface area (Å²) in [5.41, 5.74) is 3.38. The number of aromatic nitrogens is 1. The Balaban J connectivity index is 2.07. The minimum Gasteiger partial charge on any atom is -0.461 e. The van der Waals surface area contributed by atoms with E-state index in [2.05, 4.69) is 38.2 Å². The lowest BCUT2D eigenvalue weighted by molar-refractivity contribution is -0.147. The van der Waals surface area contributed by atoms with E-state index in [1.54, 1.807) is 52.0 Å². The molecule has 0 radical (unpaired) electrons. The highest BCUT2D eigenvalue weighted by Crippen LogP contribution is 2.43. The van der Waals surface area contributed by atoms with Gasteiger partial charge in [0.05, 0.1) is 23.5 Å². The van der Waals surface area contributed by atoms with Gasteiger partial charge in [-0.15, -0.1) is 0 Å². The number of carbonyl (C=O) groups is 6. The standard InChI is InChI=1S/C47H58N8O14S2/c1-11-38(58)68-19-17-54(18-20-69-39(59)12-2)32(7)46(60)52-44-42(70(62,63)48-9)40(34-21-28(3)13-15-30(34)5)36(50-44)23-37-41(35-22-29(4)14-16-31(35)6)43(71(64,65)49-10)45(51-37)53-47(61)33(8)55(24-66-26-56)25-67-27-57/h11-16,21-23,26-27,32-33,48-49,51H,1-2,17-20,24-25H2,3-10H3,(H,53,61)(H,50,52,60)/b36-23-. The van der Waals surface area contributed by atoms with Crippen LogP contribution in [0.2, 0.25) is 0 Å². The summed E-state index contributed by atoms with van der Waals surface area (Å²) in [6.07, 6.45) is 3.33. The number of hydrogen-bond donors (Lipinski definition) is 5. The van der Waals surface area contributed by atoms with Crippen LogP contribution in [0.3, 0.4) is 0 Å². The van der Waals surface area contributed by atoms with Gasteiger partial charge in [-0.3, -0.25) is 24.1 Å². The molecule has 0 spiro atoms. The summed E-state index contributed by atoms with van der Waals surface area (Å²) < 4.78 is 81.9. The number of esters is 2. The van der Waals surface area contributed by atoms with E-state index >= 15 is 0 Å². The number of ether oxygens (including phenoxy) is 4. The van der Waals surface area contributed by atoms with E-state index in [1.165, 1.54) is 43.8 Å². The molecule has 5 N–H and O–H groups in total. The van der Waals surface area contributed by atoms with Crippen LogP contribution in [0.25, 0.3) is 22.8 Å². The highest BCUT2D eigenvalue weighted by atomic mass is 32.2. The quantitative estimate of drug-likeness (QED) is 0.0254. The van der Waals surface area contributed by atoms with Crippen LogP contribution in [0.5, 0.6) is 0 Å². The number of carbonyl (C=O) groups excluding carboxylic acids is 6. The first-order valence-corrected chi connectivity index (χ1v) is 24.7. The zero-order chi connectivity index (χ0) is 52.8. The van der Waals surface area contributed by atoms with Gasteiger partial charge < -0.3 is 34.6 Å². The SMILES string of the molecule is C=CC(=O)OCCN(CCOC(=O)C=C)C(C)C(=O)NC1=N/C(=C\c2[nH]c(NC(=O)C(C)N(COC=O)COC=O)c(S(=O)(=O)NC)c2-c2cc(C)ccc2C)C(c2cc(C)ccc2C)=C1S(=O)(=O)NC. The van der Waals surface area contributed by atoms with Crippen molar-refractivity contribution in [3.8, 4) is 11.1 Å². The molecule has 2 unspecified atom stereocenters. The minimum absolute atomic E-state index is 0.00720. The number of H-pyrrole nitrogens is 1. The third-order valence-electron chi connectivity index (χ3n) is 11.1. The molecule has 0 bridgehead atoms. The van der Waals surface area contributed by atoms with Crippen molar-refractivity contribution in [2.45, 2.75) is 58.5 Å². The van der Waals surface area contributed by atoms with E-state index in [0.29, 0.717) is 22.3 Å². The highest BCUT2D eigenvalue weighted by molar-refractivity contribution is 7.94. The molecule has 2 heterocycles. The third-order valence-corrected chi connectivity index (χ3v) is 14.1. The molecule has 3 aromatic rings. The lowest BCUT2D eigenvalue weighted by Gasteiger charge is -2.27. The van der Waals surface area contributed by atoms with E-state index in [1.807, 2.05) is 12.1 Å². The Labute approximate surface area is 412 Å². The summed E-state index contributed by atoms with van der Waals surface area (Å²) in [6, 6.07) is 8.29. The second kappa shape index (κ2) is 25.2. The van der Waals surface area contributed by atoms with Crippen LogP contribution in [-0.2, 0) is 67.8 Å². The van der Waals surface area contributed by atoms with E-state index in [0.717, 1.165) is 23.3 Å². The number of aryl methyl sites for hydroxylation is 4. The van der Waals surface area contributed by atoms with Gasteiger partial charge in [0.1, 0.15) is 42.3 Å². The van der Waals surface area contributed by atoms with Gasteiger partial charge in [-0.05, 0) is 84.0 Å². The van der Waals surface area contributed by atoms with Crippen LogP contribution >= 0.6 is 0 Å². The molecule has 0 aliphatic carbocycles. The van der Waals surface area contributed by atoms with Crippen LogP contribution in [0.1, 0.15) is 47.4 Å². The normalized spacial score (nSPS) is 14.1. The van der Waals surface area contributed by atoms with Gasteiger partial charge in [0.2, 0.25) is 31.9 Å². The smallest absolute Gasteiger partial charge is 0.330 e. The molecule has 0 fully saturated rings. The Kier molecular flexibility index (Phi) is 20.0. The predicted octanol–water partition coefficient (Wildman–Crippen LogP) is 2.69. The molecule has 1 aliphatic heterocycles. The van der Waals surface area contributed by atoms with Crippen molar-refractivity contribution in [3.63, 3.8) is 0 Å². The monoisotopic (exact) mass is 1020 g/mol. The van der Waals surface area contributed by atoms with E-state index < -0.39 is 85.0 Å². The molecular formula is C47H58N8O14S2. The Bertz CT molecular complexity index is 2850. The van der Waals surface area contributed by atoms with Gasteiger partial charge in [0.15, 0.2) is 5.84 Å². The number of aliphatic imine (C=N–C) groups is 1. The fourth-order valence-electron chi connectivity index (χ4n) is 7.20. The number of aromatic amines is 1. The lowest BCUT2D eigenvalue weighted by Crippen LogP contribution is -2.49. The van der Waals surface area contributed by atoms with Crippen molar-refractivity contribution in [2.24, 2.45) is 4.99 Å². The maximum absolute atomic E-state index is 14.4. The molecule has 0 saturated heterocycles. The van der Waals surface area contributed by atoms with Gasteiger partial charge in [0.25, 0.3) is 12.9 Å². The summed E-state index contributed by atoms with van der Waals surface area (Å²) in [6.45, 7) is 15.5. The molecule has 2 amide bonds. The van der Waals surface area contributed by atoms with Crippen molar-refractivity contribution in [1.29, 1.82) is 0 Å². The summed E-state index contributed by atoms with van der Waals surface area (Å²) in [4.78, 5) is 83.9. The first-order valence-electron chi connectivity index (χ1n) is 21.7. The van der Waals surface area contributed by atoms with Crippen LogP contribution in [-0.4, -0.2) is 140 Å². The number of amidine groups is 1.